The topological polar surface area (TPSA) is 29.3 Å². The van der Waals surface area contributed by atoms with Crippen molar-refractivity contribution in [2.75, 3.05) is 18.0 Å². The summed E-state index contributed by atoms with van der Waals surface area (Å²) in [6.07, 6.45) is 2.83. The average Bonchev–Trinajstić information content (AvgIpc) is 2.83. The van der Waals surface area contributed by atoms with E-state index in [1.54, 1.807) is 0 Å². The van der Waals surface area contributed by atoms with Crippen LogP contribution in [0.2, 0.25) is 0 Å². The van der Waals surface area contributed by atoms with Crippen molar-refractivity contribution in [3.05, 3.63) is 48.1 Å². The summed E-state index contributed by atoms with van der Waals surface area (Å²) in [5.74, 6) is -1.87. The average molecular weight is 330 g/mol. The Morgan fingerprint density at radius 2 is 2.00 bits per heavy atom. The summed E-state index contributed by atoms with van der Waals surface area (Å²) in [4.78, 5) is 2.25. The number of halogens is 1. The maximum Gasteiger partial charge on any atom is 0.184 e. The van der Waals surface area contributed by atoms with E-state index < -0.39 is 5.79 Å². The molecule has 3 heteroatoms. The molecule has 1 aromatic rings. The van der Waals surface area contributed by atoms with E-state index in [1.807, 2.05) is 25.1 Å². The molecule has 1 aliphatic rings. The highest BCUT2D eigenvalue weighted by Crippen LogP contribution is 2.38. The van der Waals surface area contributed by atoms with Crippen molar-refractivity contribution >= 4 is 11.3 Å². The molecule has 0 saturated carbocycles. The smallest absolute Gasteiger partial charge is 0.184 e. The summed E-state index contributed by atoms with van der Waals surface area (Å²) in [5.41, 5.74) is 10.6. The third kappa shape index (κ3) is 4.47. The minimum absolute atomic E-state index is 0.252. The molecule has 132 valence electrons. The van der Waals surface area contributed by atoms with Gasteiger partial charge in [-0.05, 0) is 61.8 Å². The van der Waals surface area contributed by atoms with Crippen LogP contribution in [0.4, 0.5) is 10.1 Å². The highest BCUT2D eigenvalue weighted by atomic mass is 19.1. The second-order valence-electron chi connectivity index (χ2n) is 8.20. The molecule has 1 heterocycles. The van der Waals surface area contributed by atoms with Gasteiger partial charge in [0, 0.05) is 24.3 Å². The Bertz CT molecular complexity index is 638. The molecule has 0 bridgehead atoms. The van der Waals surface area contributed by atoms with E-state index in [-0.39, 0.29) is 5.41 Å². The fraction of sp³-hybridized carbons (Fsp3) is 0.524. The molecule has 2 N–H and O–H groups in total. The number of benzene rings is 1. The van der Waals surface area contributed by atoms with Gasteiger partial charge in [-0.25, -0.2) is 4.39 Å². The molecular weight excluding hydrogens is 299 g/mol. The zero-order chi connectivity index (χ0) is 18.1. The first-order valence-electron chi connectivity index (χ1n) is 8.69. The second kappa shape index (κ2) is 6.72. The standard InChI is InChI=1S/C21H31FN2/c1-15(2)7-8-16(3)17-9-10-19(18(13-17)21(6,22)23)24-12-11-20(4,5)14-24/h9-10,13H,1,3,7-8,11-12,14,23H2,2,4-6H3. The van der Waals surface area contributed by atoms with Crippen LogP contribution in [-0.2, 0) is 5.79 Å². The van der Waals surface area contributed by atoms with Crippen molar-refractivity contribution in [3.8, 4) is 0 Å². The summed E-state index contributed by atoms with van der Waals surface area (Å²) in [5, 5.41) is 0. The van der Waals surface area contributed by atoms with E-state index >= 15 is 0 Å². The number of anilines is 1. The molecular formula is C21H31FN2. The van der Waals surface area contributed by atoms with Crippen molar-refractivity contribution in [2.45, 2.75) is 52.8 Å². The minimum atomic E-state index is -1.87. The number of nitrogens with two attached hydrogens (primary N) is 1. The molecule has 24 heavy (non-hydrogen) atoms. The Morgan fingerprint density at radius 1 is 1.33 bits per heavy atom. The Hall–Kier alpha value is -1.61. The molecule has 0 amide bonds. The fourth-order valence-corrected chi connectivity index (χ4v) is 3.25. The molecule has 0 aromatic heterocycles. The molecule has 1 unspecified atom stereocenters. The monoisotopic (exact) mass is 330 g/mol. The van der Waals surface area contributed by atoms with Crippen LogP contribution < -0.4 is 10.6 Å². The third-order valence-electron chi connectivity index (χ3n) is 4.80. The normalized spacial score (nSPS) is 19.2. The van der Waals surface area contributed by atoms with Gasteiger partial charge in [0.1, 0.15) is 0 Å². The molecule has 1 aromatic carbocycles. The van der Waals surface area contributed by atoms with E-state index in [2.05, 4.69) is 31.9 Å². The first-order chi connectivity index (χ1) is 11.0. The Morgan fingerprint density at radius 3 is 2.50 bits per heavy atom. The quantitative estimate of drug-likeness (QED) is 0.559. The lowest BCUT2D eigenvalue weighted by Gasteiger charge is -2.28. The predicted octanol–water partition coefficient (Wildman–Crippen LogP) is 5.39. The first-order valence-corrected chi connectivity index (χ1v) is 8.69. The molecule has 1 saturated heterocycles. The van der Waals surface area contributed by atoms with Crippen molar-refractivity contribution in [1.29, 1.82) is 0 Å². The van der Waals surface area contributed by atoms with E-state index in [0.29, 0.717) is 5.56 Å². The number of alkyl halides is 1. The van der Waals surface area contributed by atoms with Gasteiger partial charge in [0.25, 0.3) is 0 Å². The number of hydrogen-bond donors (Lipinski definition) is 1. The fourth-order valence-electron chi connectivity index (χ4n) is 3.25. The summed E-state index contributed by atoms with van der Waals surface area (Å²) >= 11 is 0. The zero-order valence-electron chi connectivity index (χ0n) is 15.6. The van der Waals surface area contributed by atoms with Crippen LogP contribution in [0.25, 0.3) is 5.57 Å². The molecule has 0 radical (unpaired) electrons. The number of nitrogens with zero attached hydrogens (tertiary/aromatic N) is 1. The van der Waals surface area contributed by atoms with Crippen LogP contribution in [0, 0.1) is 5.41 Å². The lowest BCUT2D eigenvalue weighted by Crippen LogP contribution is -2.32. The van der Waals surface area contributed by atoms with Crippen molar-refractivity contribution in [1.82, 2.24) is 0 Å². The molecule has 2 nitrogen and oxygen atoms in total. The largest absolute Gasteiger partial charge is 0.371 e. The zero-order valence-corrected chi connectivity index (χ0v) is 15.6. The summed E-state index contributed by atoms with van der Waals surface area (Å²) in [7, 11) is 0. The van der Waals surface area contributed by atoms with E-state index in [9.17, 15) is 4.39 Å². The van der Waals surface area contributed by atoms with E-state index in [0.717, 1.165) is 54.7 Å². The van der Waals surface area contributed by atoms with Crippen LogP contribution in [0.15, 0.2) is 36.9 Å². The van der Waals surface area contributed by atoms with Crippen LogP contribution >= 0.6 is 0 Å². The Labute approximate surface area is 146 Å². The van der Waals surface area contributed by atoms with Crippen molar-refractivity contribution in [2.24, 2.45) is 11.1 Å². The van der Waals surface area contributed by atoms with E-state index in [1.165, 1.54) is 6.92 Å². The van der Waals surface area contributed by atoms with Gasteiger partial charge in [-0.1, -0.05) is 32.1 Å². The summed E-state index contributed by atoms with van der Waals surface area (Å²) in [6.45, 7) is 17.9. The molecule has 1 aliphatic heterocycles. The highest BCUT2D eigenvalue weighted by Gasteiger charge is 2.33. The van der Waals surface area contributed by atoms with Gasteiger partial charge in [0.2, 0.25) is 0 Å². The molecule has 0 spiro atoms. The van der Waals surface area contributed by atoms with Crippen LogP contribution in [-0.4, -0.2) is 13.1 Å². The highest BCUT2D eigenvalue weighted by molar-refractivity contribution is 5.69. The van der Waals surface area contributed by atoms with Gasteiger partial charge in [-0.15, -0.1) is 6.58 Å². The van der Waals surface area contributed by atoms with Crippen LogP contribution in [0.5, 0.6) is 0 Å². The lowest BCUT2D eigenvalue weighted by atomic mass is 9.93. The second-order valence-corrected chi connectivity index (χ2v) is 8.20. The number of rotatable bonds is 6. The van der Waals surface area contributed by atoms with Crippen LogP contribution in [0.1, 0.15) is 58.1 Å². The van der Waals surface area contributed by atoms with Crippen LogP contribution in [0.3, 0.4) is 0 Å². The summed E-state index contributed by atoms with van der Waals surface area (Å²) < 4.78 is 14.7. The first kappa shape index (κ1) is 18.7. The maximum absolute atomic E-state index is 14.7. The minimum Gasteiger partial charge on any atom is -0.371 e. The molecule has 2 rings (SSSR count). The predicted molar refractivity (Wildman–Crippen MR) is 103 cm³/mol. The lowest BCUT2D eigenvalue weighted by molar-refractivity contribution is 0.203. The number of allylic oxidation sites excluding steroid dienone is 2. The van der Waals surface area contributed by atoms with Gasteiger partial charge < -0.3 is 4.90 Å². The van der Waals surface area contributed by atoms with Gasteiger partial charge in [0.15, 0.2) is 5.79 Å². The van der Waals surface area contributed by atoms with Gasteiger partial charge in [-0.3, -0.25) is 5.73 Å². The van der Waals surface area contributed by atoms with Gasteiger partial charge in [0.05, 0.1) is 0 Å². The maximum atomic E-state index is 14.7. The Kier molecular flexibility index (Phi) is 5.24. The van der Waals surface area contributed by atoms with Crippen molar-refractivity contribution in [3.63, 3.8) is 0 Å². The van der Waals surface area contributed by atoms with Crippen molar-refractivity contribution < 1.29 is 4.39 Å². The SMILES string of the molecule is C=C(C)CCC(=C)c1ccc(N2CCC(C)(C)C2)c(C(C)(N)F)c1. The Balaban J connectivity index is 2.33. The summed E-state index contributed by atoms with van der Waals surface area (Å²) in [6, 6.07) is 5.92. The van der Waals surface area contributed by atoms with Gasteiger partial charge in [-0.2, -0.15) is 0 Å². The molecule has 1 atom stereocenters. The van der Waals surface area contributed by atoms with E-state index in [4.69, 9.17) is 5.73 Å². The third-order valence-corrected chi connectivity index (χ3v) is 4.80. The molecule has 1 fully saturated rings. The van der Waals surface area contributed by atoms with Gasteiger partial charge >= 0.3 is 0 Å². The molecule has 0 aliphatic carbocycles. The number of hydrogen-bond acceptors (Lipinski definition) is 2.